The summed E-state index contributed by atoms with van der Waals surface area (Å²) in [6, 6.07) is 0. The molecule has 1 saturated carbocycles. The first kappa shape index (κ1) is 14.1. The zero-order chi connectivity index (χ0) is 13.0. The highest BCUT2D eigenvalue weighted by Gasteiger charge is 2.40. The van der Waals surface area contributed by atoms with Crippen molar-refractivity contribution in [3.63, 3.8) is 0 Å². The van der Waals surface area contributed by atoms with Crippen molar-refractivity contribution in [3.05, 3.63) is 0 Å². The van der Waals surface area contributed by atoms with E-state index in [0.717, 1.165) is 38.8 Å². The fourth-order valence-electron chi connectivity index (χ4n) is 3.09. The quantitative estimate of drug-likeness (QED) is 0.721. The first-order valence-corrected chi connectivity index (χ1v) is 7.61. The van der Waals surface area contributed by atoms with E-state index in [2.05, 4.69) is 0 Å². The summed E-state index contributed by atoms with van der Waals surface area (Å²) < 4.78 is 5.54. The van der Waals surface area contributed by atoms with Gasteiger partial charge in [0.2, 0.25) is 5.91 Å². The highest BCUT2D eigenvalue weighted by molar-refractivity contribution is 6.17. The van der Waals surface area contributed by atoms with E-state index in [9.17, 15) is 4.79 Å². The highest BCUT2D eigenvalue weighted by atomic mass is 35.5. The Morgan fingerprint density at radius 2 is 2.22 bits per heavy atom. The van der Waals surface area contributed by atoms with Crippen molar-refractivity contribution in [2.75, 3.05) is 26.1 Å². The third kappa shape index (κ3) is 3.18. The zero-order valence-electron chi connectivity index (χ0n) is 11.3. The largest absolute Gasteiger partial charge is 0.378 e. The van der Waals surface area contributed by atoms with E-state index in [-0.39, 0.29) is 11.5 Å². The van der Waals surface area contributed by atoms with Gasteiger partial charge in [-0.25, -0.2) is 0 Å². The average Bonchev–Trinajstić information content (AvgIpc) is 2.34. The smallest absolute Gasteiger partial charge is 0.225 e. The molecule has 0 spiro atoms. The summed E-state index contributed by atoms with van der Waals surface area (Å²) in [7, 11) is 1.74. The fourth-order valence-corrected chi connectivity index (χ4v) is 3.40. The van der Waals surface area contributed by atoms with E-state index in [0.29, 0.717) is 18.2 Å². The van der Waals surface area contributed by atoms with Gasteiger partial charge in [-0.15, -0.1) is 11.6 Å². The summed E-state index contributed by atoms with van der Waals surface area (Å²) >= 11 is 5.80. The number of nitrogens with zero attached hydrogens (tertiary/aromatic N) is 1. The molecule has 2 rings (SSSR count). The van der Waals surface area contributed by atoms with Crippen LogP contribution in [0.15, 0.2) is 0 Å². The van der Waals surface area contributed by atoms with Gasteiger partial charge in [-0.05, 0) is 44.4 Å². The Bertz CT molecular complexity index is 284. The van der Waals surface area contributed by atoms with E-state index >= 15 is 0 Å². The number of methoxy groups -OCH3 is 1. The highest BCUT2D eigenvalue weighted by Crippen LogP contribution is 2.38. The molecule has 1 atom stereocenters. The molecule has 18 heavy (non-hydrogen) atoms. The van der Waals surface area contributed by atoms with Gasteiger partial charge in [-0.2, -0.15) is 0 Å². The van der Waals surface area contributed by atoms with Gasteiger partial charge in [0.05, 0.1) is 12.0 Å². The molecule has 104 valence electrons. The molecule has 0 aromatic heterocycles. The molecular weight excluding hydrogens is 250 g/mol. The van der Waals surface area contributed by atoms with E-state index in [1.807, 2.05) is 4.90 Å². The van der Waals surface area contributed by atoms with Gasteiger partial charge in [-0.3, -0.25) is 4.79 Å². The summed E-state index contributed by atoms with van der Waals surface area (Å²) in [5, 5.41) is 0. The number of likely N-dealkylation sites (tertiary alicyclic amines) is 1. The molecule has 1 heterocycles. The van der Waals surface area contributed by atoms with Gasteiger partial charge in [0, 0.05) is 26.1 Å². The van der Waals surface area contributed by atoms with E-state index in [1.165, 1.54) is 12.8 Å². The molecule has 1 amide bonds. The van der Waals surface area contributed by atoms with E-state index in [4.69, 9.17) is 16.3 Å². The summed E-state index contributed by atoms with van der Waals surface area (Å²) in [6.07, 6.45) is 7.19. The first-order valence-electron chi connectivity index (χ1n) is 7.08. The van der Waals surface area contributed by atoms with Crippen LogP contribution in [0.2, 0.25) is 0 Å². The number of amides is 1. The third-order valence-electron chi connectivity index (χ3n) is 4.56. The zero-order valence-corrected chi connectivity index (χ0v) is 12.0. The Morgan fingerprint density at radius 3 is 2.78 bits per heavy atom. The standard InChI is InChI=1S/C14H24ClNO2/c1-18-14(6-3-7-14)10-13(17)16-9-2-4-12(11-16)5-8-15/h12H,2-11H2,1H3. The Morgan fingerprint density at radius 1 is 1.44 bits per heavy atom. The predicted octanol–water partition coefficient (Wildman–Crippen LogP) is 2.81. The van der Waals surface area contributed by atoms with Crippen molar-refractivity contribution < 1.29 is 9.53 Å². The van der Waals surface area contributed by atoms with Crippen LogP contribution in [0.4, 0.5) is 0 Å². The Labute approximate surface area is 115 Å². The Balaban J connectivity index is 1.84. The third-order valence-corrected chi connectivity index (χ3v) is 4.78. The second kappa shape index (κ2) is 6.25. The molecule has 0 aromatic rings. The first-order chi connectivity index (χ1) is 8.69. The van der Waals surface area contributed by atoms with Crippen LogP contribution < -0.4 is 0 Å². The Hall–Kier alpha value is -0.280. The molecule has 0 radical (unpaired) electrons. The number of hydrogen-bond donors (Lipinski definition) is 0. The van der Waals surface area contributed by atoms with Crippen LogP contribution in [0.3, 0.4) is 0 Å². The van der Waals surface area contributed by atoms with Gasteiger partial charge < -0.3 is 9.64 Å². The molecule has 2 aliphatic rings. The topological polar surface area (TPSA) is 29.5 Å². The van der Waals surface area contributed by atoms with Crippen LogP contribution >= 0.6 is 11.6 Å². The molecule has 3 nitrogen and oxygen atoms in total. The fraction of sp³-hybridized carbons (Fsp3) is 0.929. The molecule has 0 aromatic carbocycles. The van der Waals surface area contributed by atoms with Crippen LogP contribution in [0, 0.1) is 5.92 Å². The maximum Gasteiger partial charge on any atom is 0.225 e. The molecule has 0 bridgehead atoms. The van der Waals surface area contributed by atoms with Crippen LogP contribution in [0.1, 0.15) is 44.9 Å². The van der Waals surface area contributed by atoms with Crippen molar-refractivity contribution in [3.8, 4) is 0 Å². The van der Waals surface area contributed by atoms with Gasteiger partial charge in [-0.1, -0.05) is 0 Å². The number of carbonyl (C=O) groups is 1. The van der Waals surface area contributed by atoms with E-state index < -0.39 is 0 Å². The van der Waals surface area contributed by atoms with Crippen molar-refractivity contribution in [1.82, 2.24) is 4.90 Å². The molecule has 1 aliphatic heterocycles. The summed E-state index contributed by atoms with van der Waals surface area (Å²) in [6.45, 7) is 1.81. The second-order valence-corrected chi connectivity index (χ2v) is 6.12. The van der Waals surface area contributed by atoms with Crippen molar-refractivity contribution in [2.45, 2.75) is 50.5 Å². The number of rotatable bonds is 5. The summed E-state index contributed by atoms with van der Waals surface area (Å²) in [4.78, 5) is 14.4. The SMILES string of the molecule is COC1(CC(=O)N2CCCC(CCCl)C2)CCC1. The molecule has 2 fully saturated rings. The normalized spacial score (nSPS) is 26.8. The Kier molecular flexibility index (Phi) is 4.91. The van der Waals surface area contributed by atoms with Crippen LogP contribution in [0.25, 0.3) is 0 Å². The van der Waals surface area contributed by atoms with Gasteiger partial charge in [0.1, 0.15) is 0 Å². The molecule has 0 N–H and O–H groups in total. The maximum absolute atomic E-state index is 12.3. The van der Waals surface area contributed by atoms with Crippen LogP contribution in [0.5, 0.6) is 0 Å². The minimum Gasteiger partial charge on any atom is -0.378 e. The molecule has 1 aliphatic carbocycles. The summed E-state index contributed by atoms with van der Waals surface area (Å²) in [5.74, 6) is 1.57. The lowest BCUT2D eigenvalue weighted by Crippen LogP contribution is -2.47. The lowest BCUT2D eigenvalue weighted by Gasteiger charge is -2.42. The van der Waals surface area contributed by atoms with Crippen LogP contribution in [-0.2, 0) is 9.53 Å². The van der Waals surface area contributed by atoms with Crippen molar-refractivity contribution >= 4 is 17.5 Å². The number of halogens is 1. The number of ether oxygens (including phenoxy) is 1. The van der Waals surface area contributed by atoms with Gasteiger partial charge in [0.25, 0.3) is 0 Å². The van der Waals surface area contributed by atoms with Gasteiger partial charge >= 0.3 is 0 Å². The maximum atomic E-state index is 12.3. The summed E-state index contributed by atoms with van der Waals surface area (Å²) in [5.41, 5.74) is -0.142. The molecule has 1 saturated heterocycles. The minimum atomic E-state index is -0.142. The van der Waals surface area contributed by atoms with Gasteiger partial charge in [0.15, 0.2) is 0 Å². The van der Waals surface area contributed by atoms with Crippen LogP contribution in [-0.4, -0.2) is 42.5 Å². The predicted molar refractivity (Wildman–Crippen MR) is 72.8 cm³/mol. The minimum absolute atomic E-state index is 0.142. The lowest BCUT2D eigenvalue weighted by atomic mass is 9.77. The second-order valence-electron chi connectivity index (χ2n) is 5.74. The van der Waals surface area contributed by atoms with E-state index in [1.54, 1.807) is 7.11 Å². The molecular formula is C14H24ClNO2. The molecule has 1 unspecified atom stereocenters. The monoisotopic (exact) mass is 273 g/mol. The average molecular weight is 274 g/mol. The number of alkyl halides is 1. The number of carbonyl (C=O) groups excluding carboxylic acids is 1. The van der Waals surface area contributed by atoms with Crippen molar-refractivity contribution in [1.29, 1.82) is 0 Å². The lowest BCUT2D eigenvalue weighted by molar-refractivity contribution is -0.145. The molecule has 4 heteroatoms. The number of hydrogen-bond acceptors (Lipinski definition) is 2. The van der Waals surface area contributed by atoms with Crippen molar-refractivity contribution in [2.24, 2.45) is 5.92 Å². The number of piperidine rings is 1.